The highest BCUT2D eigenvalue weighted by atomic mass is 16.2. The first-order valence-electron chi connectivity index (χ1n) is 10.8. The summed E-state index contributed by atoms with van der Waals surface area (Å²) >= 11 is 0. The second kappa shape index (κ2) is 9.69. The molecule has 1 unspecified atom stereocenters. The van der Waals surface area contributed by atoms with Gasteiger partial charge < -0.3 is 15.3 Å². The van der Waals surface area contributed by atoms with Crippen molar-refractivity contribution < 1.29 is 9.59 Å². The van der Waals surface area contributed by atoms with E-state index in [0.717, 1.165) is 22.8 Å². The zero-order valence-corrected chi connectivity index (χ0v) is 19.4. The van der Waals surface area contributed by atoms with Gasteiger partial charge in [-0.25, -0.2) is 14.7 Å². The molecule has 2 aromatic heterocycles. The number of nitrogens with zero attached hydrogens (tertiary/aromatic N) is 7. The number of fused-ring (bicyclic) bond motifs is 1. The molecule has 11 heteroatoms. The highest BCUT2D eigenvalue weighted by molar-refractivity contribution is 6.39. The number of amidine groups is 1. The number of benzene rings is 1. The molecular weight excluding hydrogens is 434 g/mol. The first kappa shape index (κ1) is 22.9. The molecule has 1 atom stereocenters. The molecule has 0 saturated carbocycles. The van der Waals surface area contributed by atoms with Crippen molar-refractivity contribution in [2.24, 2.45) is 17.1 Å². The van der Waals surface area contributed by atoms with Crippen molar-refractivity contribution >= 4 is 30.2 Å². The number of nitrogens with one attached hydrogen (secondary N) is 2. The fourth-order valence-electron chi connectivity index (χ4n) is 3.74. The van der Waals surface area contributed by atoms with Crippen LogP contribution in [0.2, 0.25) is 0 Å². The number of anilines is 1. The first-order chi connectivity index (χ1) is 16.4. The normalized spacial score (nSPS) is 16.1. The molecule has 34 heavy (non-hydrogen) atoms. The van der Waals surface area contributed by atoms with Gasteiger partial charge in [-0.15, -0.1) is 0 Å². The molecule has 2 amide bonds. The second-order valence-corrected chi connectivity index (χ2v) is 7.99. The number of imidazole rings is 1. The molecule has 11 nitrogen and oxygen atoms in total. The Morgan fingerprint density at radius 3 is 2.71 bits per heavy atom. The molecule has 0 bridgehead atoms. The largest absolute Gasteiger partial charge is 0.337 e. The maximum Gasteiger partial charge on any atom is 0.291 e. The lowest BCUT2D eigenvalue weighted by molar-refractivity contribution is -0.124. The minimum atomic E-state index is -0.748. The van der Waals surface area contributed by atoms with Gasteiger partial charge in [0.05, 0.1) is 18.4 Å². The van der Waals surface area contributed by atoms with Gasteiger partial charge in [-0.2, -0.15) is 10.2 Å². The first-order valence-corrected chi connectivity index (χ1v) is 10.8. The van der Waals surface area contributed by atoms with E-state index in [1.165, 1.54) is 4.90 Å². The van der Waals surface area contributed by atoms with Crippen molar-refractivity contribution in [3.63, 3.8) is 0 Å². The topological polar surface area (TPSA) is 122 Å². The van der Waals surface area contributed by atoms with E-state index in [-0.39, 0.29) is 11.7 Å². The van der Waals surface area contributed by atoms with Gasteiger partial charge in [-0.1, -0.05) is 30.3 Å². The van der Waals surface area contributed by atoms with Crippen LogP contribution in [-0.4, -0.2) is 56.8 Å². The van der Waals surface area contributed by atoms with Crippen molar-refractivity contribution in [1.82, 2.24) is 30.1 Å². The molecule has 4 rings (SSSR count). The Hall–Kier alpha value is -4.28. The lowest BCUT2D eigenvalue weighted by Gasteiger charge is -2.20. The summed E-state index contributed by atoms with van der Waals surface area (Å²) in [5.41, 5.74) is 5.42. The van der Waals surface area contributed by atoms with Crippen LogP contribution in [-0.2, 0) is 29.7 Å². The van der Waals surface area contributed by atoms with Crippen LogP contribution < -0.4 is 15.6 Å². The Balaban J connectivity index is 1.44. The molecular formula is C23H27N9O2. The number of carbonyl (C=O) groups is 2. The number of aliphatic imine (C=N–C) groups is 1. The van der Waals surface area contributed by atoms with E-state index >= 15 is 0 Å². The van der Waals surface area contributed by atoms with Crippen LogP contribution in [0.25, 0.3) is 11.4 Å². The molecule has 0 spiro atoms. The highest BCUT2D eigenvalue weighted by Crippen LogP contribution is 2.27. The highest BCUT2D eigenvalue weighted by Gasteiger charge is 2.31. The molecule has 0 radical (unpaired) electrons. The smallest absolute Gasteiger partial charge is 0.291 e. The van der Waals surface area contributed by atoms with Crippen molar-refractivity contribution in [3.8, 4) is 11.4 Å². The predicted octanol–water partition coefficient (Wildman–Crippen LogP) is 1.25. The van der Waals surface area contributed by atoms with Gasteiger partial charge in [0.15, 0.2) is 0 Å². The molecule has 1 aliphatic heterocycles. The van der Waals surface area contributed by atoms with E-state index < -0.39 is 11.9 Å². The van der Waals surface area contributed by atoms with Gasteiger partial charge in [-0.3, -0.25) is 14.5 Å². The van der Waals surface area contributed by atoms with Crippen LogP contribution in [0.4, 0.5) is 5.82 Å². The third-order valence-corrected chi connectivity index (χ3v) is 5.81. The quantitative estimate of drug-likeness (QED) is 0.336. The minimum absolute atomic E-state index is 0.137. The van der Waals surface area contributed by atoms with Gasteiger partial charge in [0.2, 0.25) is 5.84 Å². The van der Waals surface area contributed by atoms with E-state index in [4.69, 9.17) is 0 Å². The predicted molar refractivity (Wildman–Crippen MR) is 129 cm³/mol. The number of amides is 2. The third kappa shape index (κ3) is 4.58. The number of rotatable bonds is 5. The molecule has 176 valence electrons. The maximum absolute atomic E-state index is 13.1. The SMILES string of the molecule is C=N/C(=N\NCc1ccccc1)C(=O)NC1CCn2nc(-c3cnc(C)n3C)cc2N(C)C1=O. The number of likely N-dealkylation sites (N-methyl/N-ethyl adjacent to an activating group) is 1. The van der Waals surface area contributed by atoms with Crippen LogP contribution in [0.15, 0.2) is 52.7 Å². The Bertz CT molecular complexity index is 1240. The fourth-order valence-corrected chi connectivity index (χ4v) is 3.74. The van der Waals surface area contributed by atoms with E-state index in [2.05, 4.69) is 37.6 Å². The minimum Gasteiger partial charge on any atom is -0.337 e. The van der Waals surface area contributed by atoms with E-state index in [9.17, 15) is 9.59 Å². The third-order valence-electron chi connectivity index (χ3n) is 5.81. The zero-order chi connectivity index (χ0) is 24.2. The summed E-state index contributed by atoms with van der Waals surface area (Å²) in [7, 11) is 3.59. The average molecular weight is 462 g/mol. The second-order valence-electron chi connectivity index (χ2n) is 7.99. The van der Waals surface area contributed by atoms with E-state index in [0.29, 0.717) is 25.3 Å². The van der Waals surface area contributed by atoms with Crippen molar-refractivity contribution in [3.05, 3.63) is 54.0 Å². The molecule has 3 aromatic rings. The van der Waals surface area contributed by atoms with Crippen LogP contribution in [0.1, 0.15) is 17.8 Å². The number of hydrogen-bond donors (Lipinski definition) is 2. The molecule has 1 aliphatic rings. The Kier molecular flexibility index (Phi) is 6.53. The Morgan fingerprint density at radius 2 is 2.03 bits per heavy atom. The molecule has 1 aromatic carbocycles. The van der Waals surface area contributed by atoms with Crippen LogP contribution in [0, 0.1) is 6.92 Å². The Labute approximate surface area is 197 Å². The van der Waals surface area contributed by atoms with Gasteiger partial charge >= 0.3 is 0 Å². The summed E-state index contributed by atoms with van der Waals surface area (Å²) in [6.45, 7) is 6.22. The van der Waals surface area contributed by atoms with Gasteiger partial charge in [0, 0.05) is 26.7 Å². The van der Waals surface area contributed by atoms with Gasteiger partial charge in [0.25, 0.3) is 11.8 Å². The lowest BCUT2D eigenvalue weighted by atomic mass is 10.2. The molecule has 0 aliphatic carbocycles. The number of aromatic nitrogens is 4. The van der Waals surface area contributed by atoms with E-state index in [1.807, 2.05) is 54.9 Å². The fraction of sp³-hybridized carbons (Fsp3) is 0.304. The zero-order valence-electron chi connectivity index (χ0n) is 19.4. The summed E-state index contributed by atoms with van der Waals surface area (Å²) in [6, 6.07) is 10.7. The van der Waals surface area contributed by atoms with Gasteiger partial charge in [0.1, 0.15) is 23.4 Å². The van der Waals surface area contributed by atoms with Crippen molar-refractivity contribution in [2.45, 2.75) is 32.5 Å². The van der Waals surface area contributed by atoms with Crippen LogP contribution in [0.3, 0.4) is 0 Å². The number of hydrogen-bond acceptors (Lipinski definition) is 6. The molecule has 0 fully saturated rings. The van der Waals surface area contributed by atoms with Crippen LogP contribution in [0.5, 0.6) is 0 Å². The molecule has 2 N–H and O–H groups in total. The average Bonchev–Trinajstić information content (AvgIpc) is 3.39. The molecule has 0 saturated heterocycles. The number of aryl methyl sites for hydroxylation is 2. The van der Waals surface area contributed by atoms with Crippen molar-refractivity contribution in [1.29, 1.82) is 0 Å². The lowest BCUT2D eigenvalue weighted by Crippen LogP contribution is -2.48. The summed E-state index contributed by atoms with van der Waals surface area (Å²) in [5, 5.41) is 11.4. The summed E-state index contributed by atoms with van der Waals surface area (Å²) in [5.74, 6) is 0.559. The monoisotopic (exact) mass is 461 g/mol. The molecule has 3 heterocycles. The standard InChI is InChI=1S/C23H27N9O2/c1-15-25-14-19(30(15)3)18-12-20-31(4)23(34)17(10-11-32(20)29-18)27-22(33)21(24-2)28-26-13-16-8-6-5-7-9-16/h5-9,12,14,17,26H,2,10-11,13H2,1,3-4H3,(H,27,33)/b28-21-. The van der Waals surface area contributed by atoms with E-state index in [1.54, 1.807) is 17.9 Å². The summed E-state index contributed by atoms with van der Waals surface area (Å²) in [6.07, 6.45) is 2.13. The summed E-state index contributed by atoms with van der Waals surface area (Å²) < 4.78 is 3.71. The van der Waals surface area contributed by atoms with Crippen molar-refractivity contribution in [2.75, 3.05) is 11.9 Å². The van der Waals surface area contributed by atoms with Gasteiger partial charge in [-0.05, 0) is 25.6 Å². The van der Waals surface area contributed by atoms with Crippen LogP contribution >= 0.6 is 0 Å². The summed E-state index contributed by atoms with van der Waals surface area (Å²) in [4.78, 5) is 35.4. The number of carbonyl (C=O) groups excluding carboxylic acids is 2. The Morgan fingerprint density at radius 1 is 1.26 bits per heavy atom. The maximum atomic E-state index is 13.1. The number of hydrazone groups is 1.